The zero-order valence-corrected chi connectivity index (χ0v) is 28.5. The van der Waals surface area contributed by atoms with Gasteiger partial charge in [0.2, 0.25) is 17.7 Å². The van der Waals surface area contributed by atoms with E-state index >= 15 is 0 Å². The van der Waals surface area contributed by atoms with E-state index in [-0.39, 0.29) is 37.0 Å². The van der Waals surface area contributed by atoms with Crippen LogP contribution in [0.15, 0.2) is 0 Å². The van der Waals surface area contributed by atoms with E-state index in [1.165, 1.54) is 0 Å². The highest BCUT2D eigenvalue weighted by molar-refractivity contribution is 5.92. The van der Waals surface area contributed by atoms with Crippen LogP contribution in [0.3, 0.4) is 0 Å². The van der Waals surface area contributed by atoms with E-state index in [1.54, 1.807) is 20.8 Å². The third kappa shape index (κ3) is 17.6. The topological polar surface area (TPSA) is 209 Å². The number of alkyl carbamates (subject to hydrolysis) is 1. The number of aliphatic hydroxyl groups excluding tert-OH is 1. The van der Waals surface area contributed by atoms with E-state index in [0.717, 1.165) is 7.11 Å². The second-order valence-electron chi connectivity index (χ2n) is 13.3. The molecule has 14 heteroatoms. The maximum Gasteiger partial charge on any atom is 0.408 e. The van der Waals surface area contributed by atoms with Gasteiger partial charge in [0.05, 0.1) is 25.7 Å². The lowest BCUT2D eigenvalue weighted by atomic mass is 9.94. The zero-order chi connectivity index (χ0) is 35.1. The molecule has 0 fully saturated rings. The van der Waals surface area contributed by atoms with Gasteiger partial charge in [-0.3, -0.25) is 19.2 Å². The molecule has 0 aliphatic rings. The fourth-order valence-corrected chi connectivity index (χ4v) is 4.46. The van der Waals surface area contributed by atoms with Gasteiger partial charge in [0, 0.05) is 6.42 Å². The molecule has 6 unspecified atom stereocenters. The van der Waals surface area contributed by atoms with Crippen LogP contribution < -0.4 is 21.3 Å². The molecule has 260 valence electrons. The lowest BCUT2D eigenvalue weighted by Gasteiger charge is -2.30. The molecule has 0 aromatic rings. The van der Waals surface area contributed by atoms with Crippen LogP contribution in [0.1, 0.15) is 101 Å². The highest BCUT2D eigenvalue weighted by Crippen LogP contribution is 2.16. The number of carbonyl (C=O) groups excluding carboxylic acids is 5. The number of hydrogen-bond acceptors (Lipinski definition) is 9. The van der Waals surface area contributed by atoms with Gasteiger partial charge in [-0.15, -0.1) is 0 Å². The summed E-state index contributed by atoms with van der Waals surface area (Å²) in [6, 6.07) is -4.15. The van der Waals surface area contributed by atoms with Crippen molar-refractivity contribution in [3.8, 4) is 0 Å². The quantitative estimate of drug-likeness (QED) is 0.113. The van der Waals surface area contributed by atoms with Gasteiger partial charge in [-0.1, -0.05) is 48.0 Å². The number of rotatable bonds is 19. The molecule has 0 aromatic carbocycles. The first-order chi connectivity index (χ1) is 20.7. The molecule has 0 saturated heterocycles. The number of hydrogen-bond donors (Lipinski definition) is 6. The molecule has 6 atom stereocenters. The highest BCUT2D eigenvalue weighted by atomic mass is 16.6. The lowest BCUT2D eigenvalue weighted by Crippen LogP contribution is -2.55. The molecule has 0 rings (SSSR count). The molecule has 4 amide bonds. The first-order valence-corrected chi connectivity index (χ1v) is 15.6. The Bertz CT molecular complexity index is 995. The Kier molecular flexibility index (Phi) is 18.3. The Hall–Kier alpha value is -3.42. The van der Waals surface area contributed by atoms with Crippen molar-refractivity contribution in [2.45, 2.75) is 137 Å². The molecule has 6 N–H and O–H groups in total. The molecule has 0 heterocycles. The van der Waals surface area contributed by atoms with Gasteiger partial charge in [-0.2, -0.15) is 0 Å². The van der Waals surface area contributed by atoms with E-state index < -0.39 is 78.0 Å². The summed E-state index contributed by atoms with van der Waals surface area (Å²) < 4.78 is 9.90. The fraction of sp³-hybridized carbons (Fsp3) is 0.806. The number of methoxy groups -OCH3 is 1. The van der Waals surface area contributed by atoms with Crippen molar-refractivity contribution in [2.75, 3.05) is 7.11 Å². The number of carboxylic acid groups (broad SMARTS) is 1. The number of ether oxygens (including phenoxy) is 2. The van der Waals surface area contributed by atoms with Gasteiger partial charge in [0.25, 0.3) is 0 Å². The highest BCUT2D eigenvalue weighted by Gasteiger charge is 2.33. The number of esters is 1. The summed E-state index contributed by atoms with van der Waals surface area (Å²) in [5, 5.41) is 30.6. The van der Waals surface area contributed by atoms with Crippen LogP contribution in [0, 0.1) is 17.8 Å². The molecule has 0 aromatic heterocycles. The third-order valence-corrected chi connectivity index (χ3v) is 6.89. The maximum absolute atomic E-state index is 13.3. The van der Waals surface area contributed by atoms with Crippen LogP contribution in [0.4, 0.5) is 4.79 Å². The van der Waals surface area contributed by atoms with Crippen molar-refractivity contribution in [3.63, 3.8) is 0 Å². The van der Waals surface area contributed by atoms with Gasteiger partial charge in [0.1, 0.15) is 23.7 Å². The lowest BCUT2D eigenvalue weighted by molar-refractivity contribution is -0.149. The predicted molar refractivity (Wildman–Crippen MR) is 167 cm³/mol. The minimum absolute atomic E-state index is 0.0407. The number of nitrogens with one attached hydrogen (secondary N) is 4. The van der Waals surface area contributed by atoms with Crippen molar-refractivity contribution in [1.29, 1.82) is 0 Å². The Morgan fingerprint density at radius 3 is 1.84 bits per heavy atom. The second kappa shape index (κ2) is 19.9. The van der Waals surface area contributed by atoms with Crippen molar-refractivity contribution in [3.05, 3.63) is 0 Å². The van der Waals surface area contributed by atoms with E-state index in [4.69, 9.17) is 9.84 Å². The molecule has 14 nitrogen and oxygen atoms in total. The van der Waals surface area contributed by atoms with Crippen LogP contribution in [0.2, 0.25) is 0 Å². The fourth-order valence-electron chi connectivity index (χ4n) is 4.46. The summed E-state index contributed by atoms with van der Waals surface area (Å²) in [5.41, 5.74) is -0.756. The summed E-state index contributed by atoms with van der Waals surface area (Å²) in [6.07, 6.45) is -1.60. The summed E-state index contributed by atoms with van der Waals surface area (Å²) >= 11 is 0. The molecule has 0 radical (unpaired) electrons. The van der Waals surface area contributed by atoms with Crippen molar-refractivity contribution >= 4 is 35.8 Å². The minimum atomic E-state index is -1.43. The standard InChI is InChI=1S/C31H56N4O10/c1-11-19(6)26(35-30(43)45-31(7,8)9)28(41)33-20(14-17(2)3)23(36)12-13-24(37)32-21(15-18(4)5)27(40)34-22(16-25(38)39)29(42)44-10/h17-23,26,36H,11-16H2,1-10H3,(H,32,37)(H,33,41)(H,34,40)(H,35,43)(H,38,39). The predicted octanol–water partition coefficient (Wildman–Crippen LogP) is 2.26. The first kappa shape index (κ1) is 41.6. The van der Waals surface area contributed by atoms with Gasteiger partial charge < -0.3 is 41.0 Å². The normalized spacial score (nSPS) is 15.6. The molecule has 0 saturated carbocycles. The van der Waals surface area contributed by atoms with Gasteiger partial charge in [-0.25, -0.2) is 9.59 Å². The molecule has 0 aliphatic heterocycles. The summed E-state index contributed by atoms with van der Waals surface area (Å²) in [7, 11) is 1.07. The number of aliphatic hydroxyl groups is 1. The first-order valence-electron chi connectivity index (χ1n) is 15.6. The van der Waals surface area contributed by atoms with Gasteiger partial charge in [-0.05, 0) is 57.8 Å². The van der Waals surface area contributed by atoms with Crippen LogP contribution in [-0.2, 0) is 33.4 Å². The van der Waals surface area contributed by atoms with E-state index in [0.29, 0.717) is 12.8 Å². The SMILES string of the molecule is CCC(C)C(NC(=O)OC(C)(C)C)C(=O)NC(CC(C)C)C(O)CCC(=O)NC(CC(C)C)C(=O)NC(CC(=O)O)C(=O)OC. The average Bonchev–Trinajstić information content (AvgIpc) is 2.90. The van der Waals surface area contributed by atoms with Gasteiger partial charge in [0.15, 0.2) is 0 Å². The Labute approximate surface area is 267 Å². The van der Waals surface area contributed by atoms with Crippen LogP contribution in [-0.4, -0.2) is 88.9 Å². The minimum Gasteiger partial charge on any atom is -0.481 e. The second-order valence-corrected chi connectivity index (χ2v) is 13.3. The summed E-state index contributed by atoms with van der Waals surface area (Å²) in [6.45, 7) is 16.3. The molecule has 0 bridgehead atoms. The Morgan fingerprint density at radius 1 is 0.800 bits per heavy atom. The molecule has 0 aliphatic carbocycles. The monoisotopic (exact) mass is 644 g/mol. The largest absolute Gasteiger partial charge is 0.481 e. The average molecular weight is 645 g/mol. The van der Waals surface area contributed by atoms with Crippen LogP contribution >= 0.6 is 0 Å². The Balaban J connectivity index is 5.59. The van der Waals surface area contributed by atoms with Gasteiger partial charge >= 0.3 is 18.0 Å². The van der Waals surface area contributed by atoms with E-state index in [2.05, 4.69) is 26.0 Å². The number of aliphatic carboxylic acids is 1. The third-order valence-electron chi connectivity index (χ3n) is 6.89. The molecular weight excluding hydrogens is 588 g/mol. The molecule has 45 heavy (non-hydrogen) atoms. The van der Waals surface area contributed by atoms with Crippen molar-refractivity contribution in [1.82, 2.24) is 21.3 Å². The molecular formula is C31H56N4O10. The van der Waals surface area contributed by atoms with Crippen molar-refractivity contribution in [2.24, 2.45) is 17.8 Å². The number of carbonyl (C=O) groups is 6. The smallest absolute Gasteiger partial charge is 0.408 e. The molecule has 0 spiro atoms. The van der Waals surface area contributed by atoms with E-state index in [1.807, 2.05) is 41.5 Å². The van der Waals surface area contributed by atoms with E-state index in [9.17, 15) is 33.9 Å². The zero-order valence-electron chi connectivity index (χ0n) is 28.5. The van der Waals surface area contributed by atoms with Crippen molar-refractivity contribution < 1.29 is 48.5 Å². The summed E-state index contributed by atoms with van der Waals surface area (Å²) in [4.78, 5) is 74.8. The number of carboxylic acids is 1. The number of amides is 4. The maximum atomic E-state index is 13.3. The van der Waals surface area contributed by atoms with Crippen LogP contribution in [0.25, 0.3) is 0 Å². The Morgan fingerprint density at radius 2 is 1.38 bits per heavy atom. The van der Waals surface area contributed by atoms with Crippen LogP contribution in [0.5, 0.6) is 0 Å². The summed E-state index contributed by atoms with van der Waals surface area (Å²) in [5.74, 6) is -4.23.